The summed E-state index contributed by atoms with van der Waals surface area (Å²) in [6.45, 7) is 1.88. The second kappa shape index (κ2) is 6.52. The van der Waals surface area contributed by atoms with E-state index in [1.807, 2.05) is 0 Å². The van der Waals surface area contributed by atoms with Crippen LogP contribution in [0.4, 0.5) is 13.2 Å². The fourth-order valence-electron chi connectivity index (χ4n) is 2.62. The van der Waals surface area contributed by atoms with Gasteiger partial charge < -0.3 is 10.4 Å². The first-order valence-electron chi connectivity index (χ1n) is 6.76. The number of aryl methyl sites for hydroxylation is 1. The fourth-order valence-corrected chi connectivity index (χ4v) is 2.87. The Bertz CT molecular complexity index is 507. The van der Waals surface area contributed by atoms with Crippen LogP contribution in [0.25, 0.3) is 0 Å². The Morgan fingerprint density at radius 3 is 2.57 bits per heavy atom. The second-order valence-electron chi connectivity index (χ2n) is 5.20. The van der Waals surface area contributed by atoms with E-state index in [-0.39, 0.29) is 16.1 Å². The Hall–Kier alpha value is -0.820. The van der Waals surface area contributed by atoms with Gasteiger partial charge in [0.15, 0.2) is 0 Å². The van der Waals surface area contributed by atoms with Gasteiger partial charge in [0.2, 0.25) is 0 Å². The summed E-state index contributed by atoms with van der Waals surface area (Å²) in [6.07, 6.45) is 0. The SMILES string of the molecule is Cc1ccc(Cl)c([C@H](N2CCNCC2)C(F)(F)CO)c1F. The molecule has 1 aromatic carbocycles. The Morgan fingerprint density at radius 1 is 1.38 bits per heavy atom. The quantitative estimate of drug-likeness (QED) is 0.893. The largest absolute Gasteiger partial charge is 0.390 e. The number of hydrogen-bond donors (Lipinski definition) is 2. The molecule has 21 heavy (non-hydrogen) atoms. The molecule has 0 spiro atoms. The molecule has 1 fully saturated rings. The molecule has 1 aliphatic rings. The lowest BCUT2D eigenvalue weighted by Crippen LogP contribution is -2.51. The first-order chi connectivity index (χ1) is 9.88. The third-order valence-corrected chi connectivity index (χ3v) is 4.05. The minimum atomic E-state index is -3.48. The van der Waals surface area contributed by atoms with Gasteiger partial charge in [0.25, 0.3) is 5.92 Å². The third kappa shape index (κ3) is 3.34. The van der Waals surface area contributed by atoms with Gasteiger partial charge in [-0.05, 0) is 18.6 Å². The molecule has 0 bridgehead atoms. The number of hydrogen-bond acceptors (Lipinski definition) is 3. The van der Waals surface area contributed by atoms with Crippen molar-refractivity contribution >= 4 is 11.6 Å². The van der Waals surface area contributed by atoms with Crippen LogP contribution in [0, 0.1) is 12.7 Å². The first kappa shape index (κ1) is 16.5. The number of benzene rings is 1. The maximum Gasteiger partial charge on any atom is 0.290 e. The normalized spacial score (nSPS) is 18.8. The van der Waals surface area contributed by atoms with Crippen molar-refractivity contribution in [3.05, 3.63) is 34.1 Å². The predicted molar refractivity (Wildman–Crippen MR) is 75.4 cm³/mol. The molecule has 1 aliphatic heterocycles. The number of aliphatic hydroxyl groups excluding tert-OH is 1. The fraction of sp³-hybridized carbons (Fsp3) is 0.571. The summed E-state index contributed by atoms with van der Waals surface area (Å²) in [4.78, 5) is 1.47. The summed E-state index contributed by atoms with van der Waals surface area (Å²) in [5.74, 6) is -4.21. The molecule has 2 rings (SSSR count). The zero-order valence-corrected chi connectivity index (χ0v) is 12.4. The summed E-state index contributed by atoms with van der Waals surface area (Å²) < 4.78 is 42.9. The zero-order chi connectivity index (χ0) is 15.6. The minimum absolute atomic E-state index is 0.0465. The number of halogens is 4. The highest BCUT2D eigenvalue weighted by Crippen LogP contribution is 2.41. The number of aliphatic hydroxyl groups is 1. The molecule has 7 heteroatoms. The van der Waals surface area contributed by atoms with Gasteiger partial charge in [0, 0.05) is 36.8 Å². The van der Waals surface area contributed by atoms with Crippen LogP contribution in [-0.4, -0.2) is 48.7 Å². The van der Waals surface area contributed by atoms with Crippen LogP contribution in [0.5, 0.6) is 0 Å². The second-order valence-corrected chi connectivity index (χ2v) is 5.61. The Labute approximate surface area is 126 Å². The zero-order valence-electron chi connectivity index (χ0n) is 11.7. The molecular weight excluding hydrogens is 305 g/mol. The van der Waals surface area contributed by atoms with E-state index >= 15 is 0 Å². The topological polar surface area (TPSA) is 35.5 Å². The average molecular weight is 323 g/mol. The van der Waals surface area contributed by atoms with Gasteiger partial charge in [-0.1, -0.05) is 17.7 Å². The van der Waals surface area contributed by atoms with Crippen molar-refractivity contribution < 1.29 is 18.3 Å². The van der Waals surface area contributed by atoms with Crippen LogP contribution < -0.4 is 5.32 Å². The maximum absolute atomic E-state index is 14.4. The van der Waals surface area contributed by atoms with E-state index in [1.165, 1.54) is 24.0 Å². The molecule has 1 aromatic rings. The number of alkyl halides is 2. The van der Waals surface area contributed by atoms with Crippen LogP contribution in [0.2, 0.25) is 5.02 Å². The van der Waals surface area contributed by atoms with E-state index in [0.717, 1.165) is 0 Å². The highest BCUT2D eigenvalue weighted by molar-refractivity contribution is 6.31. The third-order valence-electron chi connectivity index (χ3n) is 3.72. The van der Waals surface area contributed by atoms with Crippen LogP contribution in [0.1, 0.15) is 17.2 Å². The molecule has 3 nitrogen and oxygen atoms in total. The van der Waals surface area contributed by atoms with Crippen LogP contribution in [0.15, 0.2) is 12.1 Å². The highest BCUT2D eigenvalue weighted by Gasteiger charge is 2.46. The monoisotopic (exact) mass is 322 g/mol. The molecule has 1 atom stereocenters. The van der Waals surface area contributed by atoms with Gasteiger partial charge >= 0.3 is 0 Å². The molecule has 2 N–H and O–H groups in total. The Kier molecular flexibility index (Phi) is 5.14. The molecule has 1 saturated heterocycles. The standard InChI is InChI=1S/C14H18ClF3N2O/c1-9-2-3-10(15)11(12(9)16)13(14(17,18)8-21)20-6-4-19-5-7-20/h2-3,13,19,21H,4-8H2,1H3/t13-/m0/s1. The Balaban J connectivity index is 2.52. The van der Waals surface area contributed by atoms with Crippen molar-refractivity contribution in [3.63, 3.8) is 0 Å². The lowest BCUT2D eigenvalue weighted by molar-refractivity contribution is -0.119. The number of nitrogens with zero attached hydrogens (tertiary/aromatic N) is 1. The van der Waals surface area contributed by atoms with E-state index in [1.54, 1.807) is 0 Å². The molecule has 0 aromatic heterocycles. The number of piperazine rings is 1. The summed E-state index contributed by atoms with van der Waals surface area (Å²) in [6, 6.07) is 1.29. The van der Waals surface area contributed by atoms with Gasteiger partial charge in [0.1, 0.15) is 18.5 Å². The lowest BCUT2D eigenvalue weighted by Gasteiger charge is -2.39. The molecule has 118 valence electrons. The van der Waals surface area contributed by atoms with Gasteiger partial charge in [-0.25, -0.2) is 13.2 Å². The van der Waals surface area contributed by atoms with Crippen LogP contribution in [0.3, 0.4) is 0 Å². The van der Waals surface area contributed by atoms with E-state index in [9.17, 15) is 13.2 Å². The minimum Gasteiger partial charge on any atom is -0.390 e. The van der Waals surface area contributed by atoms with Crippen LogP contribution in [-0.2, 0) is 0 Å². The smallest absolute Gasteiger partial charge is 0.290 e. The van der Waals surface area contributed by atoms with Gasteiger partial charge in [-0.3, -0.25) is 4.90 Å². The summed E-state index contributed by atoms with van der Waals surface area (Å²) >= 11 is 5.98. The molecule has 0 aliphatic carbocycles. The van der Waals surface area contributed by atoms with Crippen molar-refractivity contribution in [1.82, 2.24) is 10.2 Å². The van der Waals surface area contributed by atoms with Gasteiger partial charge in [-0.2, -0.15) is 0 Å². The predicted octanol–water partition coefficient (Wildman–Crippen LogP) is 2.36. The molecule has 1 heterocycles. The summed E-state index contributed by atoms with van der Waals surface area (Å²) in [5.41, 5.74) is 0.0147. The average Bonchev–Trinajstić information content (AvgIpc) is 2.48. The van der Waals surface area contributed by atoms with E-state index in [4.69, 9.17) is 16.7 Å². The first-order valence-corrected chi connectivity index (χ1v) is 7.14. The number of rotatable bonds is 4. The Morgan fingerprint density at radius 2 is 2.00 bits per heavy atom. The van der Waals surface area contributed by atoms with Crippen molar-refractivity contribution in [1.29, 1.82) is 0 Å². The van der Waals surface area contributed by atoms with Crippen molar-refractivity contribution in [2.24, 2.45) is 0 Å². The van der Waals surface area contributed by atoms with Gasteiger partial charge in [-0.15, -0.1) is 0 Å². The number of nitrogens with one attached hydrogen (secondary N) is 1. The lowest BCUT2D eigenvalue weighted by atomic mass is 9.96. The van der Waals surface area contributed by atoms with Gasteiger partial charge in [0.05, 0.1) is 0 Å². The van der Waals surface area contributed by atoms with Crippen molar-refractivity contribution in [3.8, 4) is 0 Å². The molecule has 0 unspecified atom stereocenters. The van der Waals surface area contributed by atoms with Crippen molar-refractivity contribution in [2.45, 2.75) is 18.9 Å². The molecular formula is C14H18ClF3N2O. The summed E-state index contributed by atoms with van der Waals surface area (Å²) in [5, 5.41) is 12.1. The summed E-state index contributed by atoms with van der Waals surface area (Å²) in [7, 11) is 0. The molecule has 0 saturated carbocycles. The van der Waals surface area contributed by atoms with E-state index in [2.05, 4.69) is 5.32 Å². The maximum atomic E-state index is 14.4. The van der Waals surface area contributed by atoms with Crippen molar-refractivity contribution in [2.75, 3.05) is 32.8 Å². The van der Waals surface area contributed by atoms with E-state index < -0.39 is 24.4 Å². The highest BCUT2D eigenvalue weighted by atomic mass is 35.5. The van der Waals surface area contributed by atoms with E-state index in [0.29, 0.717) is 26.2 Å². The van der Waals surface area contributed by atoms with Crippen LogP contribution >= 0.6 is 11.6 Å². The molecule has 0 radical (unpaired) electrons. The molecule has 0 amide bonds.